The number of nitrogens with one attached hydrogen (secondary N) is 1. The quantitative estimate of drug-likeness (QED) is 0.684. The van der Waals surface area contributed by atoms with Gasteiger partial charge in [0.25, 0.3) is 0 Å². The first-order valence-electron chi connectivity index (χ1n) is 6.27. The van der Waals surface area contributed by atoms with Crippen molar-refractivity contribution in [1.29, 1.82) is 0 Å². The van der Waals surface area contributed by atoms with E-state index in [1.165, 1.54) is 20.2 Å². The molecule has 0 spiro atoms. The van der Waals surface area contributed by atoms with Gasteiger partial charge in [-0.05, 0) is 37.6 Å². The molecule has 0 aliphatic heterocycles. The minimum Gasteiger partial charge on any atom is -0.393 e. The molecule has 1 atom stereocenters. The maximum atomic E-state index is 9.27. The highest BCUT2D eigenvalue weighted by molar-refractivity contribution is 7.24. The number of nitrogens with two attached hydrogens (primary N) is 1. The topological polar surface area (TPSA) is 58.3 Å². The van der Waals surface area contributed by atoms with Gasteiger partial charge in [0, 0.05) is 26.7 Å². The lowest BCUT2D eigenvalue weighted by molar-refractivity contribution is 0.189. The van der Waals surface area contributed by atoms with E-state index in [0.717, 1.165) is 23.0 Å². The summed E-state index contributed by atoms with van der Waals surface area (Å²) in [6.07, 6.45) is 0.500. The lowest BCUT2D eigenvalue weighted by Gasteiger charge is -2.04. The van der Waals surface area contributed by atoms with Crippen molar-refractivity contribution in [3.05, 3.63) is 24.3 Å². The zero-order valence-corrected chi connectivity index (χ0v) is 12.3. The molecule has 2 heterocycles. The maximum absolute atomic E-state index is 9.27. The van der Waals surface area contributed by atoms with E-state index in [0.29, 0.717) is 0 Å². The van der Waals surface area contributed by atoms with Gasteiger partial charge in [-0.2, -0.15) is 0 Å². The fraction of sp³-hybridized carbons (Fsp3) is 0.286. The van der Waals surface area contributed by atoms with Crippen LogP contribution in [0.4, 0.5) is 10.0 Å². The smallest absolute Gasteiger partial charge is 0.0895 e. The Kier molecular flexibility index (Phi) is 3.35. The number of thiophene rings is 2. The molecule has 4 N–H and O–H groups in total. The van der Waals surface area contributed by atoms with Gasteiger partial charge in [0.15, 0.2) is 0 Å². The third-order valence-corrected chi connectivity index (χ3v) is 5.07. The predicted molar refractivity (Wildman–Crippen MR) is 86.4 cm³/mol. The third-order valence-electron chi connectivity index (χ3n) is 3.08. The Morgan fingerprint density at radius 1 is 1.21 bits per heavy atom. The van der Waals surface area contributed by atoms with Gasteiger partial charge in [-0.1, -0.05) is 0 Å². The number of hydrogen-bond acceptors (Lipinski definition) is 5. The van der Waals surface area contributed by atoms with Crippen LogP contribution in [0.15, 0.2) is 24.3 Å². The molecule has 1 unspecified atom stereocenters. The molecule has 3 rings (SSSR count). The van der Waals surface area contributed by atoms with Crippen LogP contribution >= 0.6 is 22.7 Å². The number of anilines is 2. The molecule has 5 heteroatoms. The van der Waals surface area contributed by atoms with E-state index in [9.17, 15) is 5.11 Å². The molecule has 0 saturated carbocycles. The lowest BCUT2D eigenvalue weighted by atomic mass is 10.2. The van der Waals surface area contributed by atoms with Crippen LogP contribution in [-0.4, -0.2) is 17.8 Å². The molecule has 0 saturated heterocycles. The normalized spacial score (nSPS) is 13.2. The molecule has 3 nitrogen and oxygen atoms in total. The fourth-order valence-corrected chi connectivity index (χ4v) is 3.99. The highest BCUT2D eigenvalue weighted by atomic mass is 32.1. The zero-order valence-electron chi connectivity index (χ0n) is 10.6. The molecule has 0 bridgehead atoms. The Bertz CT molecular complexity index is 715. The van der Waals surface area contributed by atoms with E-state index in [1.54, 1.807) is 22.7 Å². The first-order chi connectivity index (χ1) is 9.13. The van der Waals surface area contributed by atoms with Gasteiger partial charge in [-0.3, -0.25) is 0 Å². The monoisotopic (exact) mass is 292 g/mol. The van der Waals surface area contributed by atoms with Gasteiger partial charge in [0.2, 0.25) is 0 Å². The van der Waals surface area contributed by atoms with Crippen molar-refractivity contribution in [3.8, 4) is 0 Å². The largest absolute Gasteiger partial charge is 0.393 e. The summed E-state index contributed by atoms with van der Waals surface area (Å²) >= 11 is 3.37. The number of nitrogen functional groups attached to an aromatic ring is 1. The van der Waals surface area contributed by atoms with Crippen LogP contribution in [-0.2, 0) is 0 Å². The predicted octanol–water partition coefficient (Wildman–Crippen LogP) is 3.88. The number of benzene rings is 1. The summed E-state index contributed by atoms with van der Waals surface area (Å²) in [7, 11) is 0. The van der Waals surface area contributed by atoms with Crippen molar-refractivity contribution in [1.82, 2.24) is 0 Å². The average molecular weight is 292 g/mol. The van der Waals surface area contributed by atoms with Crippen LogP contribution < -0.4 is 11.1 Å². The molecule has 2 aromatic heterocycles. The van der Waals surface area contributed by atoms with Crippen molar-refractivity contribution < 1.29 is 5.11 Å². The van der Waals surface area contributed by atoms with E-state index >= 15 is 0 Å². The molecular formula is C14H16N2OS2. The minimum absolute atomic E-state index is 0.259. The molecule has 0 aliphatic carbocycles. The Balaban J connectivity index is 1.93. The van der Waals surface area contributed by atoms with Crippen LogP contribution in [0.2, 0.25) is 0 Å². The molecule has 100 valence electrons. The molecule has 0 amide bonds. The first kappa shape index (κ1) is 12.7. The van der Waals surface area contributed by atoms with Gasteiger partial charge in [0.05, 0.1) is 16.1 Å². The summed E-state index contributed by atoms with van der Waals surface area (Å²) in [4.78, 5) is 0. The number of rotatable bonds is 4. The highest BCUT2D eigenvalue weighted by Crippen LogP contribution is 2.38. The van der Waals surface area contributed by atoms with Crippen molar-refractivity contribution in [2.75, 3.05) is 17.6 Å². The van der Waals surface area contributed by atoms with Gasteiger partial charge >= 0.3 is 0 Å². The molecular weight excluding hydrogens is 276 g/mol. The van der Waals surface area contributed by atoms with Crippen LogP contribution in [0.5, 0.6) is 0 Å². The molecule has 1 aromatic carbocycles. The van der Waals surface area contributed by atoms with Gasteiger partial charge in [-0.25, -0.2) is 0 Å². The second-order valence-corrected chi connectivity index (χ2v) is 6.91. The van der Waals surface area contributed by atoms with Gasteiger partial charge < -0.3 is 16.2 Å². The fourth-order valence-electron chi connectivity index (χ4n) is 2.14. The number of aliphatic hydroxyl groups excluding tert-OH is 1. The van der Waals surface area contributed by atoms with Crippen LogP contribution in [0.25, 0.3) is 20.2 Å². The van der Waals surface area contributed by atoms with E-state index in [2.05, 4.69) is 29.6 Å². The summed E-state index contributed by atoms with van der Waals surface area (Å²) in [5, 5.41) is 17.1. The van der Waals surface area contributed by atoms with Crippen molar-refractivity contribution in [2.24, 2.45) is 0 Å². The Morgan fingerprint density at radius 2 is 1.89 bits per heavy atom. The van der Waals surface area contributed by atoms with Crippen LogP contribution in [0, 0.1) is 0 Å². The zero-order chi connectivity index (χ0) is 13.4. The second kappa shape index (κ2) is 5.00. The average Bonchev–Trinajstić information content (AvgIpc) is 2.89. The molecule has 0 fully saturated rings. The Hall–Kier alpha value is -1.30. The Morgan fingerprint density at radius 3 is 2.63 bits per heavy atom. The number of aliphatic hydroxyl groups is 1. The summed E-state index contributed by atoms with van der Waals surface area (Å²) in [6.45, 7) is 2.60. The number of hydrogen-bond donors (Lipinski definition) is 3. The summed E-state index contributed by atoms with van der Waals surface area (Å²) in [5.41, 5.74) is 5.88. The molecule has 19 heavy (non-hydrogen) atoms. The summed E-state index contributed by atoms with van der Waals surface area (Å²) in [5.74, 6) is 0. The van der Waals surface area contributed by atoms with Crippen molar-refractivity contribution >= 4 is 52.8 Å². The molecule has 3 aromatic rings. The molecule has 0 radical (unpaired) electrons. The SMILES string of the molecule is CC(O)CCNc1cc2c(ccc3sc(N)cc32)s1. The van der Waals surface area contributed by atoms with Gasteiger partial charge in [0.1, 0.15) is 0 Å². The van der Waals surface area contributed by atoms with Crippen LogP contribution in [0.1, 0.15) is 13.3 Å². The van der Waals surface area contributed by atoms with E-state index in [4.69, 9.17) is 5.73 Å². The first-order valence-corrected chi connectivity index (χ1v) is 7.90. The number of fused-ring (bicyclic) bond motifs is 3. The standard InChI is InChI=1S/C14H16N2OS2/c1-8(17)4-5-16-14-7-10-9-6-13(15)18-11(9)2-3-12(10)19-14/h2-3,6-8,16-17H,4-5,15H2,1H3. The lowest BCUT2D eigenvalue weighted by Crippen LogP contribution is -2.08. The molecule has 0 aliphatic rings. The maximum Gasteiger partial charge on any atom is 0.0895 e. The van der Waals surface area contributed by atoms with Gasteiger partial charge in [-0.15, -0.1) is 22.7 Å². The minimum atomic E-state index is -0.259. The summed E-state index contributed by atoms with van der Waals surface area (Å²) in [6, 6.07) is 8.51. The van der Waals surface area contributed by atoms with Crippen molar-refractivity contribution in [2.45, 2.75) is 19.4 Å². The van der Waals surface area contributed by atoms with Crippen LogP contribution in [0.3, 0.4) is 0 Å². The Labute approximate surface area is 119 Å². The van der Waals surface area contributed by atoms with E-state index < -0.39 is 0 Å². The second-order valence-electron chi connectivity index (χ2n) is 4.71. The van der Waals surface area contributed by atoms with E-state index in [-0.39, 0.29) is 6.10 Å². The van der Waals surface area contributed by atoms with E-state index in [1.807, 2.05) is 6.92 Å². The van der Waals surface area contributed by atoms with Crippen molar-refractivity contribution in [3.63, 3.8) is 0 Å². The summed E-state index contributed by atoms with van der Waals surface area (Å²) < 4.78 is 2.50. The third kappa shape index (κ3) is 2.54. The highest BCUT2D eigenvalue weighted by Gasteiger charge is 2.08.